The van der Waals surface area contributed by atoms with Gasteiger partial charge in [-0.1, -0.05) is 0 Å². The number of nitrogens with two attached hydrogens (primary N) is 1. The Hall–Kier alpha value is -1.62. The fraction of sp³-hybridized carbons (Fsp3) is 0.438. The maximum absolute atomic E-state index is 12.3. The first kappa shape index (κ1) is 14.3. The summed E-state index contributed by atoms with van der Waals surface area (Å²) in [6.45, 7) is 0. The molecule has 1 aromatic heterocycles. The van der Waals surface area contributed by atoms with Crippen LogP contribution in [-0.4, -0.2) is 23.5 Å². The summed E-state index contributed by atoms with van der Waals surface area (Å²) in [6, 6.07) is 7.41. The van der Waals surface area contributed by atoms with Crippen LogP contribution in [0.15, 0.2) is 28.7 Å². The third-order valence-electron chi connectivity index (χ3n) is 4.11. The molecule has 1 aliphatic rings. The molecule has 1 aliphatic carbocycles. The van der Waals surface area contributed by atoms with Gasteiger partial charge < -0.3 is 15.5 Å². The van der Waals surface area contributed by atoms with Crippen molar-refractivity contribution >= 4 is 34.3 Å². The van der Waals surface area contributed by atoms with Gasteiger partial charge in [-0.05, 0) is 56.2 Å². The largest absolute Gasteiger partial charge is 0.451 e. The fourth-order valence-corrected chi connectivity index (χ4v) is 3.62. The fourth-order valence-electron chi connectivity index (χ4n) is 2.87. The number of amides is 1. The van der Waals surface area contributed by atoms with Gasteiger partial charge in [0.15, 0.2) is 5.76 Å². The van der Waals surface area contributed by atoms with E-state index in [0.717, 1.165) is 23.5 Å². The number of thioether (sulfide) groups is 1. The van der Waals surface area contributed by atoms with E-state index in [4.69, 9.17) is 10.2 Å². The lowest BCUT2D eigenvalue weighted by Crippen LogP contribution is -2.37. The Morgan fingerprint density at radius 1 is 1.29 bits per heavy atom. The van der Waals surface area contributed by atoms with Gasteiger partial charge in [-0.3, -0.25) is 4.79 Å². The Morgan fingerprint density at radius 3 is 2.76 bits per heavy atom. The van der Waals surface area contributed by atoms with Crippen LogP contribution in [0.1, 0.15) is 36.2 Å². The molecule has 21 heavy (non-hydrogen) atoms. The zero-order valence-corrected chi connectivity index (χ0v) is 12.9. The van der Waals surface area contributed by atoms with Crippen LogP contribution in [0, 0.1) is 0 Å². The molecule has 1 aromatic carbocycles. The number of fused-ring (bicyclic) bond motifs is 1. The summed E-state index contributed by atoms with van der Waals surface area (Å²) >= 11 is 1.92. The number of anilines is 1. The molecule has 1 heterocycles. The first-order valence-corrected chi connectivity index (χ1v) is 8.57. The molecule has 3 rings (SSSR count). The summed E-state index contributed by atoms with van der Waals surface area (Å²) < 4.78 is 5.60. The second-order valence-corrected chi connectivity index (χ2v) is 6.73. The minimum absolute atomic E-state index is 0.127. The number of rotatable bonds is 3. The van der Waals surface area contributed by atoms with Gasteiger partial charge in [-0.2, -0.15) is 11.8 Å². The topological polar surface area (TPSA) is 68.3 Å². The number of nitrogens with one attached hydrogen (secondary N) is 1. The summed E-state index contributed by atoms with van der Waals surface area (Å²) in [4.78, 5) is 12.3. The van der Waals surface area contributed by atoms with Crippen molar-refractivity contribution in [3.8, 4) is 0 Å². The van der Waals surface area contributed by atoms with E-state index in [0.29, 0.717) is 17.0 Å². The molecule has 0 radical (unpaired) electrons. The summed E-state index contributed by atoms with van der Waals surface area (Å²) in [5.74, 6) is 0.236. The third kappa shape index (κ3) is 3.18. The molecule has 0 atom stereocenters. The van der Waals surface area contributed by atoms with Crippen LogP contribution < -0.4 is 11.1 Å². The van der Waals surface area contributed by atoms with Crippen molar-refractivity contribution in [2.24, 2.45) is 0 Å². The SMILES string of the molecule is CSC1CCC(NC(=O)c2cc3cc(N)ccc3o2)CC1. The highest BCUT2D eigenvalue weighted by atomic mass is 32.2. The van der Waals surface area contributed by atoms with Crippen molar-refractivity contribution in [2.45, 2.75) is 37.0 Å². The normalized spacial score (nSPS) is 22.3. The predicted octanol–water partition coefficient (Wildman–Crippen LogP) is 3.42. The molecule has 3 N–H and O–H groups in total. The molecule has 0 aliphatic heterocycles. The van der Waals surface area contributed by atoms with E-state index < -0.39 is 0 Å². The molecule has 4 nitrogen and oxygen atoms in total. The van der Waals surface area contributed by atoms with Crippen molar-refractivity contribution in [3.05, 3.63) is 30.0 Å². The van der Waals surface area contributed by atoms with Gasteiger partial charge in [0.25, 0.3) is 5.91 Å². The highest BCUT2D eigenvalue weighted by Gasteiger charge is 2.23. The van der Waals surface area contributed by atoms with Gasteiger partial charge in [-0.15, -0.1) is 0 Å². The first-order valence-electron chi connectivity index (χ1n) is 7.28. The highest BCUT2D eigenvalue weighted by molar-refractivity contribution is 7.99. The summed E-state index contributed by atoms with van der Waals surface area (Å²) in [7, 11) is 0. The predicted molar refractivity (Wildman–Crippen MR) is 87.7 cm³/mol. The van der Waals surface area contributed by atoms with Crippen LogP contribution in [0.5, 0.6) is 0 Å². The quantitative estimate of drug-likeness (QED) is 0.853. The minimum atomic E-state index is -0.127. The molecule has 0 saturated heterocycles. The zero-order valence-electron chi connectivity index (χ0n) is 12.1. The molecule has 1 amide bonds. The van der Waals surface area contributed by atoms with E-state index >= 15 is 0 Å². The second kappa shape index (κ2) is 6.02. The van der Waals surface area contributed by atoms with Crippen molar-refractivity contribution in [1.82, 2.24) is 5.32 Å². The summed E-state index contributed by atoms with van der Waals surface area (Å²) in [5.41, 5.74) is 7.11. The van der Waals surface area contributed by atoms with E-state index in [9.17, 15) is 4.79 Å². The van der Waals surface area contributed by atoms with Crippen LogP contribution in [0.25, 0.3) is 11.0 Å². The van der Waals surface area contributed by atoms with Crippen molar-refractivity contribution < 1.29 is 9.21 Å². The summed E-state index contributed by atoms with van der Waals surface area (Å²) in [6.07, 6.45) is 6.59. The lowest BCUT2D eigenvalue weighted by Gasteiger charge is -2.27. The van der Waals surface area contributed by atoms with Crippen molar-refractivity contribution in [3.63, 3.8) is 0 Å². The Kier molecular flexibility index (Phi) is 4.10. The monoisotopic (exact) mass is 304 g/mol. The maximum Gasteiger partial charge on any atom is 0.287 e. The Labute approximate surface area is 128 Å². The Bertz CT molecular complexity index is 645. The van der Waals surface area contributed by atoms with Crippen LogP contribution in [0.4, 0.5) is 5.69 Å². The number of nitrogen functional groups attached to an aromatic ring is 1. The molecular formula is C16H20N2O2S. The molecular weight excluding hydrogens is 284 g/mol. The van der Waals surface area contributed by atoms with E-state index in [2.05, 4.69) is 11.6 Å². The maximum atomic E-state index is 12.3. The zero-order chi connectivity index (χ0) is 14.8. The van der Waals surface area contributed by atoms with E-state index in [1.807, 2.05) is 17.8 Å². The molecule has 5 heteroatoms. The molecule has 0 unspecified atom stereocenters. The van der Waals surface area contributed by atoms with Crippen molar-refractivity contribution in [2.75, 3.05) is 12.0 Å². The average Bonchev–Trinajstić information content (AvgIpc) is 2.91. The molecule has 112 valence electrons. The number of hydrogen-bond acceptors (Lipinski definition) is 4. The van der Waals surface area contributed by atoms with E-state index in [1.165, 1.54) is 12.8 Å². The number of carbonyl (C=O) groups excluding carboxylic acids is 1. The Morgan fingerprint density at radius 2 is 2.05 bits per heavy atom. The number of furan rings is 1. The smallest absolute Gasteiger partial charge is 0.287 e. The van der Waals surface area contributed by atoms with E-state index in [-0.39, 0.29) is 11.9 Å². The molecule has 1 saturated carbocycles. The second-order valence-electron chi connectivity index (χ2n) is 5.59. The van der Waals surface area contributed by atoms with Gasteiger partial charge in [0.2, 0.25) is 0 Å². The average molecular weight is 304 g/mol. The van der Waals surface area contributed by atoms with Crippen LogP contribution >= 0.6 is 11.8 Å². The number of benzene rings is 1. The van der Waals surface area contributed by atoms with Gasteiger partial charge in [0, 0.05) is 22.4 Å². The highest BCUT2D eigenvalue weighted by Crippen LogP contribution is 2.27. The lowest BCUT2D eigenvalue weighted by molar-refractivity contribution is 0.0902. The van der Waals surface area contributed by atoms with Gasteiger partial charge >= 0.3 is 0 Å². The lowest BCUT2D eigenvalue weighted by atomic mass is 9.95. The Balaban J connectivity index is 1.67. The molecule has 1 fully saturated rings. The van der Waals surface area contributed by atoms with E-state index in [1.54, 1.807) is 18.2 Å². The van der Waals surface area contributed by atoms with Crippen molar-refractivity contribution in [1.29, 1.82) is 0 Å². The third-order valence-corrected chi connectivity index (χ3v) is 5.24. The van der Waals surface area contributed by atoms with Crippen LogP contribution in [0.2, 0.25) is 0 Å². The van der Waals surface area contributed by atoms with Crippen LogP contribution in [-0.2, 0) is 0 Å². The standard InChI is InChI=1S/C16H20N2O2S/c1-21-13-5-3-12(4-6-13)18-16(19)15-9-10-8-11(17)2-7-14(10)20-15/h2,7-9,12-13H,3-6,17H2,1H3,(H,18,19). The number of carbonyl (C=O) groups is 1. The molecule has 0 bridgehead atoms. The van der Waals surface area contributed by atoms with Gasteiger partial charge in [0.05, 0.1) is 0 Å². The molecule has 0 spiro atoms. The number of hydrogen-bond donors (Lipinski definition) is 2. The van der Waals surface area contributed by atoms with Gasteiger partial charge in [0.1, 0.15) is 5.58 Å². The minimum Gasteiger partial charge on any atom is -0.451 e. The summed E-state index contributed by atoms with van der Waals surface area (Å²) in [5, 5.41) is 4.69. The first-order chi connectivity index (χ1) is 10.2. The van der Waals surface area contributed by atoms with Gasteiger partial charge in [-0.25, -0.2) is 0 Å². The van der Waals surface area contributed by atoms with Crippen LogP contribution in [0.3, 0.4) is 0 Å². The molecule has 2 aromatic rings.